The van der Waals surface area contributed by atoms with Crippen molar-refractivity contribution in [1.82, 2.24) is 0 Å². The number of hydrogen-bond donors (Lipinski definition) is 1. The lowest BCUT2D eigenvalue weighted by Crippen LogP contribution is -2.25. The summed E-state index contributed by atoms with van der Waals surface area (Å²) in [6.07, 6.45) is 4.71. The van der Waals surface area contributed by atoms with Gasteiger partial charge in [-0.1, -0.05) is 18.5 Å². The molecule has 106 valence electrons. The molecule has 1 aromatic carbocycles. The van der Waals surface area contributed by atoms with Crippen LogP contribution in [-0.4, -0.2) is 12.7 Å². The van der Waals surface area contributed by atoms with Gasteiger partial charge in [0.05, 0.1) is 5.02 Å². The number of anilines is 1. The number of ether oxygens (including phenoxy) is 1. The van der Waals surface area contributed by atoms with Crippen LogP contribution in [0.4, 0.5) is 14.5 Å². The van der Waals surface area contributed by atoms with Crippen molar-refractivity contribution in [3.05, 3.63) is 23.2 Å². The molecule has 1 aliphatic rings. The van der Waals surface area contributed by atoms with Gasteiger partial charge in [-0.15, -0.1) is 0 Å². The van der Waals surface area contributed by atoms with E-state index in [1.54, 1.807) is 12.1 Å². The third-order valence-electron chi connectivity index (χ3n) is 3.53. The van der Waals surface area contributed by atoms with Crippen LogP contribution in [0, 0.1) is 5.92 Å². The highest BCUT2D eigenvalue weighted by atomic mass is 35.5. The van der Waals surface area contributed by atoms with E-state index in [1.807, 2.05) is 0 Å². The fraction of sp³-hybridized carbons (Fsp3) is 0.571. The minimum atomic E-state index is -2.85. The van der Waals surface area contributed by atoms with Crippen LogP contribution in [0.3, 0.4) is 0 Å². The van der Waals surface area contributed by atoms with E-state index >= 15 is 0 Å². The van der Waals surface area contributed by atoms with E-state index in [-0.39, 0.29) is 10.8 Å². The first kappa shape index (κ1) is 14.4. The van der Waals surface area contributed by atoms with Crippen molar-refractivity contribution in [3.8, 4) is 5.75 Å². The summed E-state index contributed by atoms with van der Waals surface area (Å²) in [6.45, 7) is -0.583. The van der Waals surface area contributed by atoms with Crippen LogP contribution in [-0.2, 0) is 0 Å². The fourth-order valence-corrected chi connectivity index (χ4v) is 2.65. The standard InChI is InChI=1S/C14H18ClF2NO/c1-9-2-4-10(5-3-9)18-11-6-7-13(12(15)8-11)19-14(16)17/h6-10,14,18H,2-5H2,1H3. The normalized spacial score (nSPS) is 23.4. The summed E-state index contributed by atoms with van der Waals surface area (Å²) in [5.74, 6) is 0.808. The Balaban J connectivity index is 1.96. The van der Waals surface area contributed by atoms with Gasteiger partial charge in [0, 0.05) is 11.7 Å². The quantitative estimate of drug-likeness (QED) is 0.848. The van der Waals surface area contributed by atoms with Gasteiger partial charge >= 0.3 is 6.61 Å². The summed E-state index contributed by atoms with van der Waals surface area (Å²) >= 11 is 5.92. The Labute approximate surface area is 117 Å². The van der Waals surface area contributed by atoms with E-state index in [9.17, 15) is 8.78 Å². The molecule has 1 fully saturated rings. The van der Waals surface area contributed by atoms with Crippen LogP contribution in [0.1, 0.15) is 32.6 Å². The first-order valence-corrected chi connectivity index (χ1v) is 6.93. The SMILES string of the molecule is CC1CCC(Nc2ccc(OC(F)F)c(Cl)c2)CC1. The average Bonchev–Trinajstić information content (AvgIpc) is 2.35. The molecule has 0 unspecified atom stereocenters. The molecule has 19 heavy (non-hydrogen) atoms. The van der Waals surface area contributed by atoms with E-state index in [1.165, 1.54) is 18.9 Å². The summed E-state index contributed by atoms with van der Waals surface area (Å²) in [6, 6.07) is 5.27. The van der Waals surface area contributed by atoms with Crippen LogP contribution in [0.15, 0.2) is 18.2 Å². The number of hydrogen-bond acceptors (Lipinski definition) is 2. The second-order valence-corrected chi connectivity index (χ2v) is 5.53. The molecule has 1 aliphatic carbocycles. The lowest BCUT2D eigenvalue weighted by molar-refractivity contribution is -0.0497. The molecule has 0 heterocycles. The van der Waals surface area contributed by atoms with Crippen LogP contribution in [0.2, 0.25) is 5.02 Å². The second kappa shape index (κ2) is 6.42. The summed E-state index contributed by atoms with van der Waals surface area (Å²) in [7, 11) is 0. The molecule has 0 spiro atoms. The van der Waals surface area contributed by atoms with Gasteiger partial charge in [-0.05, 0) is 49.8 Å². The van der Waals surface area contributed by atoms with E-state index in [0.29, 0.717) is 6.04 Å². The lowest BCUT2D eigenvalue weighted by Gasteiger charge is -2.27. The number of halogens is 3. The highest BCUT2D eigenvalue weighted by Gasteiger charge is 2.18. The Bertz CT molecular complexity index is 420. The van der Waals surface area contributed by atoms with Crippen molar-refractivity contribution in [2.45, 2.75) is 45.3 Å². The molecule has 2 rings (SSSR count). The van der Waals surface area contributed by atoms with Gasteiger partial charge in [0.2, 0.25) is 0 Å². The molecule has 1 aromatic rings. The zero-order valence-electron chi connectivity index (χ0n) is 10.8. The molecule has 0 amide bonds. The van der Waals surface area contributed by atoms with Crippen molar-refractivity contribution in [2.75, 3.05) is 5.32 Å². The molecule has 1 N–H and O–H groups in total. The molecule has 0 radical (unpaired) electrons. The van der Waals surface area contributed by atoms with Gasteiger partial charge in [0.25, 0.3) is 0 Å². The largest absolute Gasteiger partial charge is 0.433 e. The molecule has 0 bridgehead atoms. The second-order valence-electron chi connectivity index (χ2n) is 5.12. The van der Waals surface area contributed by atoms with Crippen molar-refractivity contribution in [3.63, 3.8) is 0 Å². The van der Waals surface area contributed by atoms with Crippen LogP contribution < -0.4 is 10.1 Å². The van der Waals surface area contributed by atoms with E-state index < -0.39 is 6.61 Å². The van der Waals surface area contributed by atoms with Gasteiger partial charge in [-0.3, -0.25) is 0 Å². The minimum Gasteiger partial charge on any atom is -0.433 e. The van der Waals surface area contributed by atoms with Crippen molar-refractivity contribution in [1.29, 1.82) is 0 Å². The molecule has 5 heteroatoms. The number of alkyl halides is 2. The van der Waals surface area contributed by atoms with Gasteiger partial charge in [-0.25, -0.2) is 0 Å². The van der Waals surface area contributed by atoms with Crippen molar-refractivity contribution in [2.24, 2.45) is 5.92 Å². The molecule has 1 saturated carbocycles. The Morgan fingerprint density at radius 3 is 2.53 bits per heavy atom. The summed E-state index contributed by atoms with van der Waals surface area (Å²) in [5.41, 5.74) is 0.853. The topological polar surface area (TPSA) is 21.3 Å². The first-order chi connectivity index (χ1) is 9.04. The maximum Gasteiger partial charge on any atom is 0.387 e. The molecule has 0 aliphatic heterocycles. The van der Waals surface area contributed by atoms with Crippen molar-refractivity contribution >= 4 is 17.3 Å². The van der Waals surface area contributed by atoms with Crippen LogP contribution >= 0.6 is 11.6 Å². The Kier molecular flexibility index (Phi) is 4.86. The van der Waals surface area contributed by atoms with E-state index in [4.69, 9.17) is 11.6 Å². The van der Waals surface area contributed by atoms with Crippen LogP contribution in [0.5, 0.6) is 5.75 Å². The van der Waals surface area contributed by atoms with E-state index in [0.717, 1.165) is 24.4 Å². The zero-order chi connectivity index (χ0) is 13.8. The third-order valence-corrected chi connectivity index (χ3v) is 3.83. The lowest BCUT2D eigenvalue weighted by atomic mass is 9.87. The molecule has 0 saturated heterocycles. The monoisotopic (exact) mass is 289 g/mol. The molecule has 0 atom stereocenters. The molecular formula is C14H18ClF2NO. The number of nitrogens with one attached hydrogen (secondary N) is 1. The summed E-state index contributed by atoms with van der Waals surface area (Å²) in [4.78, 5) is 0. The summed E-state index contributed by atoms with van der Waals surface area (Å²) < 4.78 is 28.5. The minimum absolute atomic E-state index is 0.0134. The number of benzene rings is 1. The van der Waals surface area contributed by atoms with Gasteiger partial charge in [0.15, 0.2) is 0 Å². The number of rotatable bonds is 4. The van der Waals surface area contributed by atoms with Gasteiger partial charge in [0.1, 0.15) is 5.75 Å². The Morgan fingerprint density at radius 1 is 1.26 bits per heavy atom. The maximum atomic E-state index is 12.1. The fourth-order valence-electron chi connectivity index (χ4n) is 2.42. The zero-order valence-corrected chi connectivity index (χ0v) is 11.6. The van der Waals surface area contributed by atoms with Gasteiger partial charge in [-0.2, -0.15) is 8.78 Å². The maximum absolute atomic E-state index is 12.1. The van der Waals surface area contributed by atoms with Gasteiger partial charge < -0.3 is 10.1 Å². The average molecular weight is 290 g/mol. The highest BCUT2D eigenvalue weighted by Crippen LogP contribution is 2.31. The first-order valence-electron chi connectivity index (χ1n) is 6.55. The smallest absolute Gasteiger partial charge is 0.387 e. The molecule has 2 nitrogen and oxygen atoms in total. The Morgan fingerprint density at radius 2 is 1.95 bits per heavy atom. The summed E-state index contributed by atoms with van der Waals surface area (Å²) in [5, 5.41) is 3.60. The van der Waals surface area contributed by atoms with Crippen LogP contribution in [0.25, 0.3) is 0 Å². The third kappa shape index (κ3) is 4.23. The predicted octanol–water partition coefficient (Wildman–Crippen LogP) is 4.93. The molecular weight excluding hydrogens is 272 g/mol. The van der Waals surface area contributed by atoms with E-state index in [2.05, 4.69) is 17.0 Å². The highest BCUT2D eigenvalue weighted by molar-refractivity contribution is 6.32. The Hall–Kier alpha value is -1.03. The van der Waals surface area contributed by atoms with Crippen molar-refractivity contribution < 1.29 is 13.5 Å². The predicted molar refractivity (Wildman–Crippen MR) is 73.1 cm³/mol. The molecule has 0 aromatic heterocycles.